The Morgan fingerprint density at radius 1 is 1.67 bits per heavy atom. The third kappa shape index (κ3) is 2.67. The molecular weight excluding hydrogens is 267 g/mol. The third-order valence-corrected chi connectivity index (χ3v) is 2.22. The van der Waals surface area contributed by atoms with Crippen LogP contribution in [0.1, 0.15) is 0 Å². The van der Waals surface area contributed by atoms with Gasteiger partial charge in [0.2, 0.25) is 0 Å². The molecule has 0 bridgehead atoms. The highest BCUT2D eigenvalue weighted by atomic mass is 79.9. The van der Waals surface area contributed by atoms with Gasteiger partial charge in [0.15, 0.2) is 0 Å². The van der Waals surface area contributed by atoms with Crippen LogP contribution in [0.4, 0.5) is 15.8 Å². The van der Waals surface area contributed by atoms with Crippen LogP contribution < -0.4 is 5.32 Å². The van der Waals surface area contributed by atoms with Crippen molar-refractivity contribution in [2.24, 2.45) is 0 Å². The fraction of sp³-hybridized carbons (Fsp3) is 0.111. The summed E-state index contributed by atoms with van der Waals surface area (Å²) in [5, 5.41) is 13.2. The van der Waals surface area contributed by atoms with E-state index in [1.54, 1.807) is 0 Å². The molecule has 0 saturated carbocycles. The molecule has 0 aliphatic rings. The van der Waals surface area contributed by atoms with Gasteiger partial charge in [-0.3, -0.25) is 10.1 Å². The molecule has 1 aromatic rings. The molecule has 78 valence electrons. The van der Waals surface area contributed by atoms with Crippen LogP contribution in [0, 0.1) is 28.3 Å². The predicted octanol–water partition coefficient (Wildman–Crippen LogP) is 2.54. The summed E-state index contributed by atoms with van der Waals surface area (Å²) in [5.41, 5.74) is -0.155. The van der Waals surface area contributed by atoms with Crippen molar-refractivity contribution >= 4 is 27.3 Å². The van der Waals surface area contributed by atoms with Crippen molar-refractivity contribution in [3.05, 3.63) is 32.5 Å². The lowest BCUT2D eigenvalue weighted by atomic mass is 10.2. The lowest BCUT2D eigenvalue weighted by Gasteiger charge is -2.04. The van der Waals surface area contributed by atoms with E-state index in [0.717, 1.165) is 12.1 Å². The summed E-state index contributed by atoms with van der Waals surface area (Å²) >= 11 is 2.87. The van der Waals surface area contributed by atoms with Gasteiger partial charge in [-0.05, 0) is 15.9 Å². The Labute approximate surface area is 93.8 Å². The van der Waals surface area contributed by atoms with Crippen molar-refractivity contribution in [2.75, 3.05) is 11.9 Å². The minimum absolute atomic E-state index is 0.0421. The van der Waals surface area contributed by atoms with Crippen molar-refractivity contribution in [2.45, 2.75) is 0 Å². The van der Waals surface area contributed by atoms with Crippen molar-refractivity contribution in [1.82, 2.24) is 0 Å². The molecule has 0 aliphatic carbocycles. The zero-order valence-electron chi connectivity index (χ0n) is 7.46. The minimum atomic E-state index is -0.608. The molecule has 0 amide bonds. The molecule has 1 N–H and O–H groups in total. The average molecular weight is 273 g/mol. The number of anilines is 1. The Morgan fingerprint density at radius 2 is 2.33 bits per heavy atom. The lowest BCUT2D eigenvalue weighted by molar-refractivity contribution is -0.384. The van der Waals surface area contributed by atoms with Crippen LogP contribution in [0.2, 0.25) is 0 Å². The van der Waals surface area contributed by atoms with E-state index in [1.165, 1.54) is 0 Å². The van der Waals surface area contributed by atoms with Crippen molar-refractivity contribution in [3.8, 4) is 12.3 Å². The molecule has 0 saturated heterocycles. The smallest absolute Gasteiger partial charge is 0.293 e. The Balaban J connectivity index is 3.17. The normalized spacial score (nSPS) is 9.40. The minimum Gasteiger partial charge on any atom is -0.369 e. The summed E-state index contributed by atoms with van der Waals surface area (Å²) in [5.74, 6) is 1.67. The van der Waals surface area contributed by atoms with Gasteiger partial charge >= 0.3 is 0 Å². The molecule has 1 aromatic carbocycles. The molecule has 15 heavy (non-hydrogen) atoms. The number of hydrogen-bond acceptors (Lipinski definition) is 3. The van der Waals surface area contributed by atoms with Gasteiger partial charge in [0.05, 0.1) is 15.9 Å². The van der Waals surface area contributed by atoms with E-state index in [9.17, 15) is 14.5 Å². The van der Waals surface area contributed by atoms with Gasteiger partial charge < -0.3 is 5.32 Å². The maximum atomic E-state index is 13.1. The van der Waals surface area contributed by atoms with Gasteiger partial charge in [0.1, 0.15) is 11.5 Å². The number of nitrogens with zero attached hydrogens (tertiary/aromatic N) is 1. The number of halogens is 2. The number of hydrogen-bond donors (Lipinski definition) is 1. The molecular formula is C9H6BrFN2O2. The second-order valence-electron chi connectivity index (χ2n) is 2.60. The first-order valence-electron chi connectivity index (χ1n) is 3.87. The molecule has 0 spiro atoms. The second kappa shape index (κ2) is 4.75. The molecule has 1 rings (SSSR count). The summed E-state index contributed by atoms with van der Waals surface area (Å²) in [4.78, 5) is 10.0. The fourth-order valence-corrected chi connectivity index (χ4v) is 1.31. The number of rotatable bonds is 3. The van der Waals surface area contributed by atoms with Crippen LogP contribution in [-0.4, -0.2) is 11.5 Å². The monoisotopic (exact) mass is 272 g/mol. The van der Waals surface area contributed by atoms with Crippen LogP contribution in [0.5, 0.6) is 0 Å². The summed E-state index contributed by atoms with van der Waals surface area (Å²) < 4.78 is 13.1. The summed E-state index contributed by atoms with van der Waals surface area (Å²) in [6, 6.07) is 2.12. The van der Waals surface area contributed by atoms with E-state index in [4.69, 9.17) is 6.42 Å². The number of nitrogens with one attached hydrogen (secondary N) is 1. The van der Waals surface area contributed by atoms with Crippen LogP contribution in [0.15, 0.2) is 16.6 Å². The molecule has 0 aliphatic heterocycles. The average Bonchev–Trinajstić information content (AvgIpc) is 2.19. The van der Waals surface area contributed by atoms with E-state index >= 15 is 0 Å². The van der Waals surface area contributed by atoms with E-state index in [1.807, 2.05) is 0 Å². The van der Waals surface area contributed by atoms with Gasteiger partial charge in [-0.15, -0.1) is 6.42 Å². The van der Waals surface area contributed by atoms with E-state index in [0.29, 0.717) is 0 Å². The highest BCUT2D eigenvalue weighted by molar-refractivity contribution is 9.10. The molecule has 0 heterocycles. The quantitative estimate of drug-likeness (QED) is 0.523. The van der Waals surface area contributed by atoms with Crippen molar-refractivity contribution in [1.29, 1.82) is 0 Å². The molecule has 0 radical (unpaired) electrons. The zero-order chi connectivity index (χ0) is 11.4. The van der Waals surface area contributed by atoms with E-state index in [-0.39, 0.29) is 22.4 Å². The van der Waals surface area contributed by atoms with E-state index < -0.39 is 10.7 Å². The highest BCUT2D eigenvalue weighted by Gasteiger charge is 2.16. The number of nitro groups is 1. The SMILES string of the molecule is C#CCNc1cc(F)c(Br)cc1[N+](=O)[O-]. The van der Waals surface area contributed by atoms with Crippen molar-refractivity contribution < 1.29 is 9.31 Å². The van der Waals surface area contributed by atoms with Gasteiger partial charge in [-0.2, -0.15) is 0 Å². The Hall–Kier alpha value is -1.61. The van der Waals surface area contributed by atoms with Gasteiger partial charge in [-0.1, -0.05) is 5.92 Å². The second-order valence-corrected chi connectivity index (χ2v) is 3.45. The summed E-state index contributed by atoms with van der Waals surface area (Å²) in [6.45, 7) is 0.0991. The van der Waals surface area contributed by atoms with E-state index in [2.05, 4.69) is 27.2 Å². The predicted molar refractivity (Wildman–Crippen MR) is 58.1 cm³/mol. The summed E-state index contributed by atoms with van der Waals surface area (Å²) in [6.07, 6.45) is 4.99. The molecule has 0 unspecified atom stereocenters. The van der Waals surface area contributed by atoms with Gasteiger partial charge in [-0.25, -0.2) is 4.39 Å². The zero-order valence-corrected chi connectivity index (χ0v) is 9.04. The Morgan fingerprint density at radius 3 is 2.87 bits per heavy atom. The number of nitro benzene ring substituents is 1. The molecule has 0 aromatic heterocycles. The molecule has 4 nitrogen and oxygen atoms in total. The van der Waals surface area contributed by atoms with Gasteiger partial charge in [0.25, 0.3) is 5.69 Å². The maximum absolute atomic E-state index is 13.1. The maximum Gasteiger partial charge on any atom is 0.293 e. The first kappa shape index (κ1) is 11.5. The van der Waals surface area contributed by atoms with Crippen LogP contribution in [-0.2, 0) is 0 Å². The Kier molecular flexibility index (Phi) is 3.63. The number of benzene rings is 1. The third-order valence-electron chi connectivity index (χ3n) is 1.62. The molecule has 0 fully saturated rings. The topological polar surface area (TPSA) is 55.2 Å². The first-order chi connectivity index (χ1) is 7.06. The fourth-order valence-electron chi connectivity index (χ4n) is 0.975. The standard InChI is InChI=1S/C9H6BrFN2O2/c1-2-3-12-8-5-7(11)6(10)4-9(8)13(14)15/h1,4-5,12H,3H2. The number of terminal acetylenes is 1. The molecule has 0 atom stereocenters. The van der Waals surface area contributed by atoms with Crippen molar-refractivity contribution in [3.63, 3.8) is 0 Å². The summed E-state index contributed by atoms with van der Waals surface area (Å²) in [7, 11) is 0. The van der Waals surface area contributed by atoms with Crippen LogP contribution in [0.3, 0.4) is 0 Å². The Bertz CT molecular complexity index is 442. The largest absolute Gasteiger partial charge is 0.369 e. The lowest BCUT2D eigenvalue weighted by Crippen LogP contribution is -2.03. The highest BCUT2D eigenvalue weighted by Crippen LogP contribution is 2.30. The molecule has 6 heteroatoms. The van der Waals surface area contributed by atoms with Gasteiger partial charge in [0, 0.05) is 12.1 Å². The van der Waals surface area contributed by atoms with Crippen LogP contribution >= 0.6 is 15.9 Å². The van der Waals surface area contributed by atoms with Crippen LogP contribution in [0.25, 0.3) is 0 Å². The first-order valence-corrected chi connectivity index (χ1v) is 4.66.